The Kier molecular flexibility index (Phi) is 5.20. The van der Waals surface area contributed by atoms with E-state index in [-0.39, 0.29) is 5.75 Å². The lowest BCUT2D eigenvalue weighted by Crippen LogP contribution is -2.31. The van der Waals surface area contributed by atoms with Crippen LogP contribution in [0.15, 0.2) is 0 Å². The number of rotatable bonds is 5. The number of alkyl halides is 1. The molecule has 0 aromatic heterocycles. The Morgan fingerprint density at radius 2 is 1.86 bits per heavy atom. The van der Waals surface area contributed by atoms with E-state index in [0.29, 0.717) is 18.3 Å². The largest absolute Gasteiger partial charge is 0.214 e. The van der Waals surface area contributed by atoms with Crippen LogP contribution < -0.4 is 4.72 Å². The molecule has 14 heavy (non-hydrogen) atoms. The van der Waals surface area contributed by atoms with Crippen LogP contribution in [0.25, 0.3) is 0 Å². The zero-order chi connectivity index (χ0) is 10.4. The molecule has 0 heterocycles. The van der Waals surface area contributed by atoms with Crippen molar-refractivity contribution in [3.63, 3.8) is 0 Å². The van der Waals surface area contributed by atoms with Crippen LogP contribution in [0.4, 0.5) is 0 Å². The Morgan fingerprint density at radius 1 is 1.21 bits per heavy atom. The van der Waals surface area contributed by atoms with Crippen LogP contribution in [-0.4, -0.2) is 26.6 Å². The van der Waals surface area contributed by atoms with Gasteiger partial charge in [-0.05, 0) is 18.8 Å². The summed E-state index contributed by atoms with van der Waals surface area (Å²) in [6, 6.07) is 0. The first-order valence-electron chi connectivity index (χ1n) is 5.17. The van der Waals surface area contributed by atoms with Crippen LogP contribution in [0, 0.1) is 5.92 Å². The molecule has 0 unspecified atom stereocenters. The first-order valence-corrected chi connectivity index (χ1v) is 7.36. The Balaban J connectivity index is 2.33. The summed E-state index contributed by atoms with van der Waals surface area (Å²) in [5, 5.41) is 0. The van der Waals surface area contributed by atoms with Gasteiger partial charge in [0.25, 0.3) is 0 Å². The van der Waals surface area contributed by atoms with Crippen molar-refractivity contribution >= 4 is 21.6 Å². The van der Waals surface area contributed by atoms with Gasteiger partial charge in [0.05, 0.1) is 5.75 Å². The maximum atomic E-state index is 11.5. The van der Waals surface area contributed by atoms with Crippen LogP contribution in [0.3, 0.4) is 0 Å². The molecule has 0 bridgehead atoms. The Labute approximate surface area is 91.3 Å². The van der Waals surface area contributed by atoms with Crippen molar-refractivity contribution in [3.05, 3.63) is 0 Å². The highest BCUT2D eigenvalue weighted by atomic mass is 35.5. The fourth-order valence-corrected chi connectivity index (χ4v) is 3.61. The molecule has 84 valence electrons. The molecule has 0 saturated heterocycles. The number of nitrogens with one attached hydrogen (secondary N) is 1. The summed E-state index contributed by atoms with van der Waals surface area (Å²) in [5.74, 6) is 0.977. The highest BCUT2D eigenvalue weighted by molar-refractivity contribution is 7.89. The summed E-state index contributed by atoms with van der Waals surface area (Å²) in [5.41, 5.74) is 0. The van der Waals surface area contributed by atoms with Gasteiger partial charge in [0.1, 0.15) is 0 Å². The van der Waals surface area contributed by atoms with E-state index in [2.05, 4.69) is 4.72 Å². The second-order valence-electron chi connectivity index (χ2n) is 3.87. The highest BCUT2D eigenvalue weighted by Crippen LogP contribution is 2.24. The molecule has 1 rings (SSSR count). The fraction of sp³-hybridized carbons (Fsp3) is 1.00. The highest BCUT2D eigenvalue weighted by Gasteiger charge is 2.20. The molecule has 3 nitrogen and oxygen atoms in total. The molecule has 0 atom stereocenters. The SMILES string of the molecule is O=S(=O)(CC1CCCCC1)NCCCl. The third-order valence-corrected chi connectivity index (χ3v) is 4.34. The summed E-state index contributed by atoms with van der Waals surface area (Å²) >= 11 is 5.42. The number of hydrogen-bond donors (Lipinski definition) is 1. The minimum Gasteiger partial charge on any atom is -0.214 e. The molecule has 0 aromatic carbocycles. The molecule has 0 spiro atoms. The Hall–Kier alpha value is 0.200. The van der Waals surface area contributed by atoms with E-state index in [1.807, 2.05) is 0 Å². The first-order chi connectivity index (χ1) is 6.64. The lowest BCUT2D eigenvalue weighted by Gasteiger charge is -2.21. The topological polar surface area (TPSA) is 46.2 Å². The van der Waals surface area contributed by atoms with Crippen LogP contribution in [-0.2, 0) is 10.0 Å². The summed E-state index contributed by atoms with van der Waals surface area (Å²) in [7, 11) is -3.08. The van der Waals surface area contributed by atoms with Gasteiger partial charge in [0, 0.05) is 12.4 Å². The maximum absolute atomic E-state index is 11.5. The zero-order valence-electron chi connectivity index (χ0n) is 8.34. The minimum absolute atomic E-state index is 0.282. The van der Waals surface area contributed by atoms with E-state index >= 15 is 0 Å². The predicted molar refractivity (Wildman–Crippen MR) is 59.1 cm³/mol. The van der Waals surface area contributed by atoms with Gasteiger partial charge in [-0.15, -0.1) is 11.6 Å². The molecule has 0 amide bonds. The van der Waals surface area contributed by atoms with E-state index < -0.39 is 10.0 Å². The van der Waals surface area contributed by atoms with Gasteiger partial charge in [-0.3, -0.25) is 0 Å². The molecule has 1 aliphatic carbocycles. The first kappa shape index (κ1) is 12.3. The monoisotopic (exact) mass is 239 g/mol. The summed E-state index contributed by atoms with van der Waals surface area (Å²) in [4.78, 5) is 0. The van der Waals surface area contributed by atoms with Gasteiger partial charge in [-0.2, -0.15) is 0 Å². The van der Waals surface area contributed by atoms with Crippen LogP contribution in [0.2, 0.25) is 0 Å². The van der Waals surface area contributed by atoms with Crippen molar-refractivity contribution in [2.45, 2.75) is 32.1 Å². The molecular weight excluding hydrogens is 222 g/mol. The van der Waals surface area contributed by atoms with Crippen LogP contribution in [0.1, 0.15) is 32.1 Å². The second kappa shape index (κ2) is 5.93. The third-order valence-electron chi connectivity index (χ3n) is 2.60. The van der Waals surface area contributed by atoms with Gasteiger partial charge in [-0.25, -0.2) is 13.1 Å². The standard InChI is InChI=1S/C9H18ClNO2S/c10-6-7-11-14(12,13)8-9-4-2-1-3-5-9/h9,11H,1-8H2. The molecule has 0 aromatic rings. The van der Waals surface area contributed by atoms with E-state index in [1.54, 1.807) is 0 Å². The number of hydrogen-bond acceptors (Lipinski definition) is 2. The molecule has 5 heteroatoms. The van der Waals surface area contributed by atoms with E-state index in [1.165, 1.54) is 19.3 Å². The molecule has 1 N–H and O–H groups in total. The quantitative estimate of drug-likeness (QED) is 0.743. The van der Waals surface area contributed by atoms with Crippen molar-refractivity contribution in [1.29, 1.82) is 0 Å². The summed E-state index contributed by atoms with van der Waals surface area (Å²) < 4.78 is 25.5. The fourth-order valence-electron chi connectivity index (χ4n) is 1.92. The maximum Gasteiger partial charge on any atom is 0.211 e. The van der Waals surface area contributed by atoms with Crippen molar-refractivity contribution in [2.75, 3.05) is 18.2 Å². The van der Waals surface area contributed by atoms with Crippen molar-refractivity contribution in [1.82, 2.24) is 4.72 Å². The average Bonchev–Trinajstić information content (AvgIpc) is 2.16. The normalized spacial score (nSPS) is 19.8. The van der Waals surface area contributed by atoms with E-state index in [0.717, 1.165) is 12.8 Å². The van der Waals surface area contributed by atoms with Crippen LogP contribution >= 0.6 is 11.6 Å². The van der Waals surface area contributed by atoms with Gasteiger partial charge in [0.2, 0.25) is 10.0 Å². The van der Waals surface area contributed by atoms with E-state index in [9.17, 15) is 8.42 Å². The lowest BCUT2D eigenvalue weighted by atomic mass is 9.91. The van der Waals surface area contributed by atoms with Crippen LogP contribution in [0.5, 0.6) is 0 Å². The average molecular weight is 240 g/mol. The number of sulfonamides is 1. The molecule has 1 aliphatic rings. The minimum atomic E-state index is -3.08. The van der Waals surface area contributed by atoms with Crippen molar-refractivity contribution in [3.8, 4) is 0 Å². The van der Waals surface area contributed by atoms with Crippen molar-refractivity contribution < 1.29 is 8.42 Å². The smallest absolute Gasteiger partial charge is 0.211 e. The summed E-state index contributed by atoms with van der Waals surface area (Å²) in [6.45, 7) is 0.344. The second-order valence-corrected chi connectivity index (χ2v) is 6.10. The van der Waals surface area contributed by atoms with E-state index in [4.69, 9.17) is 11.6 Å². The number of halogens is 1. The molecule has 0 aliphatic heterocycles. The predicted octanol–water partition coefficient (Wildman–Crippen LogP) is 1.72. The van der Waals surface area contributed by atoms with Gasteiger partial charge in [0.15, 0.2) is 0 Å². The lowest BCUT2D eigenvalue weighted by molar-refractivity contribution is 0.384. The Morgan fingerprint density at radius 3 is 2.43 bits per heavy atom. The molecule has 1 saturated carbocycles. The van der Waals surface area contributed by atoms with Gasteiger partial charge < -0.3 is 0 Å². The zero-order valence-corrected chi connectivity index (χ0v) is 9.91. The summed E-state index contributed by atoms with van der Waals surface area (Å²) in [6.07, 6.45) is 5.72. The van der Waals surface area contributed by atoms with Gasteiger partial charge >= 0.3 is 0 Å². The van der Waals surface area contributed by atoms with Gasteiger partial charge in [-0.1, -0.05) is 19.3 Å². The Bertz CT molecular complexity index is 248. The third kappa shape index (κ3) is 4.62. The van der Waals surface area contributed by atoms with Crippen molar-refractivity contribution in [2.24, 2.45) is 5.92 Å². The molecule has 0 radical (unpaired) electrons. The molecule has 1 fully saturated rings. The molecular formula is C9H18ClNO2S.